The van der Waals surface area contributed by atoms with Crippen LogP contribution in [-0.4, -0.2) is 5.91 Å². The Bertz CT molecular complexity index is 223. The fourth-order valence-electron chi connectivity index (χ4n) is 0.711. The number of allylic oxidation sites excluding steroid dienone is 1. The van der Waals surface area contributed by atoms with Crippen LogP contribution < -0.4 is 5.32 Å². The fourth-order valence-corrected chi connectivity index (χ4v) is 0.711. The van der Waals surface area contributed by atoms with E-state index in [2.05, 4.69) is 18.5 Å². The van der Waals surface area contributed by atoms with Crippen molar-refractivity contribution in [2.45, 2.75) is 27.7 Å². The molecule has 0 aliphatic carbocycles. The minimum Gasteiger partial charge on any atom is -0.326 e. The molecule has 1 amide bonds. The summed E-state index contributed by atoms with van der Waals surface area (Å²) >= 11 is 0. The zero-order valence-electron chi connectivity index (χ0n) is 8.98. The lowest BCUT2D eigenvalue weighted by Crippen LogP contribution is -2.35. The van der Waals surface area contributed by atoms with Crippen molar-refractivity contribution >= 4 is 5.91 Å². The molecule has 74 valence electrons. The molecule has 0 aliphatic heterocycles. The third-order valence-corrected chi connectivity index (χ3v) is 2.22. The second kappa shape index (κ2) is 4.26. The van der Waals surface area contributed by atoms with Crippen LogP contribution >= 0.6 is 0 Å². The van der Waals surface area contributed by atoms with Crippen molar-refractivity contribution in [3.05, 3.63) is 24.9 Å². The number of nitrogens with one attached hydrogen (secondary N) is 1. The fraction of sp³-hybridized carbons (Fsp3) is 0.545. The number of carbonyl (C=O) groups excluding carboxylic acids is 1. The second-order valence-electron chi connectivity index (χ2n) is 4.31. The summed E-state index contributed by atoms with van der Waals surface area (Å²) in [5.41, 5.74) is 0.534. The number of hydrogen-bond donors (Lipinski definition) is 1. The summed E-state index contributed by atoms with van der Waals surface area (Å²) < 4.78 is 0. The highest BCUT2D eigenvalue weighted by Gasteiger charge is 2.26. The molecule has 0 rings (SSSR count). The molecule has 0 aromatic rings. The molecule has 2 nitrogen and oxygen atoms in total. The lowest BCUT2D eigenvalue weighted by atomic mass is 9.81. The molecule has 0 spiro atoms. The Labute approximate surface area is 80.7 Å². The van der Waals surface area contributed by atoms with Gasteiger partial charge in [0.15, 0.2) is 0 Å². The van der Waals surface area contributed by atoms with Gasteiger partial charge in [0, 0.05) is 11.6 Å². The molecule has 1 unspecified atom stereocenters. The van der Waals surface area contributed by atoms with Crippen molar-refractivity contribution in [2.75, 3.05) is 0 Å². The first-order chi connectivity index (χ1) is 5.79. The van der Waals surface area contributed by atoms with Crippen LogP contribution in [0.4, 0.5) is 0 Å². The van der Waals surface area contributed by atoms with E-state index in [1.165, 1.54) is 6.08 Å². The second-order valence-corrected chi connectivity index (χ2v) is 4.31. The molecule has 0 bridgehead atoms. The highest BCUT2D eigenvalue weighted by atomic mass is 16.1. The number of hydrogen-bond acceptors (Lipinski definition) is 1. The molecule has 13 heavy (non-hydrogen) atoms. The van der Waals surface area contributed by atoms with Crippen LogP contribution in [0.3, 0.4) is 0 Å². The lowest BCUT2D eigenvalue weighted by Gasteiger charge is -2.26. The van der Waals surface area contributed by atoms with Crippen LogP contribution in [0.2, 0.25) is 0 Å². The van der Waals surface area contributed by atoms with E-state index in [4.69, 9.17) is 0 Å². The van der Waals surface area contributed by atoms with Crippen molar-refractivity contribution in [2.24, 2.45) is 11.3 Å². The molecule has 0 aliphatic rings. The van der Waals surface area contributed by atoms with E-state index in [0.717, 1.165) is 0 Å². The van der Waals surface area contributed by atoms with Crippen molar-refractivity contribution in [1.82, 2.24) is 5.32 Å². The summed E-state index contributed by atoms with van der Waals surface area (Å²) in [4.78, 5) is 11.5. The summed E-state index contributed by atoms with van der Waals surface area (Å²) in [7, 11) is 0. The van der Waals surface area contributed by atoms with Gasteiger partial charge in [0.05, 0.1) is 0 Å². The molecule has 0 aromatic heterocycles. The quantitative estimate of drug-likeness (QED) is 0.666. The zero-order valence-corrected chi connectivity index (χ0v) is 8.98. The Kier molecular flexibility index (Phi) is 3.92. The van der Waals surface area contributed by atoms with Crippen LogP contribution in [-0.2, 0) is 4.79 Å². The highest BCUT2D eigenvalue weighted by molar-refractivity contribution is 5.81. The van der Waals surface area contributed by atoms with Crippen molar-refractivity contribution in [1.29, 1.82) is 0 Å². The maximum absolute atomic E-state index is 11.5. The van der Waals surface area contributed by atoms with E-state index in [9.17, 15) is 4.79 Å². The van der Waals surface area contributed by atoms with Gasteiger partial charge in [-0.25, -0.2) is 0 Å². The summed E-state index contributed by atoms with van der Waals surface area (Å²) in [6.45, 7) is 15.2. The van der Waals surface area contributed by atoms with Gasteiger partial charge in [-0.15, -0.1) is 0 Å². The summed E-state index contributed by atoms with van der Waals surface area (Å²) in [5.74, 6) is -0.0402. The smallest absolute Gasteiger partial charge is 0.227 e. The third-order valence-electron chi connectivity index (χ3n) is 2.22. The Balaban J connectivity index is 4.28. The first-order valence-electron chi connectivity index (χ1n) is 4.41. The predicted octanol–water partition coefficient (Wildman–Crippen LogP) is 2.48. The van der Waals surface area contributed by atoms with Gasteiger partial charge in [-0.05, 0) is 11.5 Å². The number of rotatable bonds is 3. The van der Waals surface area contributed by atoms with Crippen molar-refractivity contribution < 1.29 is 4.79 Å². The van der Waals surface area contributed by atoms with Gasteiger partial charge >= 0.3 is 0 Å². The normalized spacial score (nSPS) is 13.2. The maximum atomic E-state index is 11.5. The standard InChI is InChI=1S/C11H19NO/c1-7-8(2)12-10(13)9(3)11(4,5)6/h7,9H,1-2H2,3-6H3,(H,12,13). The Morgan fingerprint density at radius 1 is 1.46 bits per heavy atom. The van der Waals surface area contributed by atoms with Gasteiger partial charge in [0.2, 0.25) is 5.91 Å². The topological polar surface area (TPSA) is 29.1 Å². The van der Waals surface area contributed by atoms with Crippen molar-refractivity contribution in [3.63, 3.8) is 0 Å². The van der Waals surface area contributed by atoms with Crippen LogP contribution in [0.5, 0.6) is 0 Å². The van der Waals surface area contributed by atoms with Gasteiger partial charge in [-0.1, -0.05) is 40.9 Å². The molecule has 0 aromatic carbocycles. The summed E-state index contributed by atoms with van der Waals surface area (Å²) in [6.07, 6.45) is 1.54. The first-order valence-corrected chi connectivity index (χ1v) is 4.41. The molecular formula is C11H19NO. The average molecular weight is 181 g/mol. The van der Waals surface area contributed by atoms with E-state index < -0.39 is 0 Å². The van der Waals surface area contributed by atoms with Gasteiger partial charge in [-0.2, -0.15) is 0 Å². The zero-order chi connectivity index (χ0) is 10.6. The highest BCUT2D eigenvalue weighted by Crippen LogP contribution is 2.25. The summed E-state index contributed by atoms with van der Waals surface area (Å²) in [6, 6.07) is 0. The minimum atomic E-state index is -0.0378. The predicted molar refractivity (Wildman–Crippen MR) is 56.1 cm³/mol. The third kappa shape index (κ3) is 3.92. The monoisotopic (exact) mass is 181 g/mol. The van der Waals surface area contributed by atoms with Crippen LogP contribution in [0, 0.1) is 11.3 Å². The largest absolute Gasteiger partial charge is 0.326 e. The van der Waals surface area contributed by atoms with E-state index in [-0.39, 0.29) is 17.2 Å². The van der Waals surface area contributed by atoms with Crippen LogP contribution in [0.1, 0.15) is 27.7 Å². The van der Waals surface area contributed by atoms with Gasteiger partial charge in [0.1, 0.15) is 0 Å². The van der Waals surface area contributed by atoms with Crippen LogP contribution in [0.15, 0.2) is 24.9 Å². The molecular weight excluding hydrogens is 162 g/mol. The average Bonchev–Trinajstić information content (AvgIpc) is 2.01. The number of amides is 1. The minimum absolute atomic E-state index is 0.00241. The molecule has 0 heterocycles. The van der Waals surface area contributed by atoms with Crippen molar-refractivity contribution in [3.8, 4) is 0 Å². The molecule has 0 fully saturated rings. The molecule has 0 saturated carbocycles. The van der Waals surface area contributed by atoms with E-state index >= 15 is 0 Å². The van der Waals surface area contributed by atoms with Gasteiger partial charge < -0.3 is 5.32 Å². The maximum Gasteiger partial charge on any atom is 0.227 e. The Morgan fingerprint density at radius 3 is 2.23 bits per heavy atom. The molecule has 2 heteroatoms. The van der Waals surface area contributed by atoms with Gasteiger partial charge in [0.25, 0.3) is 0 Å². The van der Waals surface area contributed by atoms with Crippen LogP contribution in [0.25, 0.3) is 0 Å². The summed E-state index contributed by atoms with van der Waals surface area (Å²) in [5, 5.41) is 2.68. The molecule has 0 radical (unpaired) electrons. The molecule has 1 atom stereocenters. The van der Waals surface area contributed by atoms with E-state index in [1.807, 2.05) is 27.7 Å². The Hall–Kier alpha value is -1.05. The SMILES string of the molecule is C=CC(=C)NC(=O)C(C)C(C)(C)C. The van der Waals surface area contributed by atoms with Gasteiger partial charge in [-0.3, -0.25) is 4.79 Å². The van der Waals surface area contributed by atoms with E-state index in [1.54, 1.807) is 0 Å². The lowest BCUT2D eigenvalue weighted by molar-refractivity contribution is -0.126. The first kappa shape index (κ1) is 11.9. The van der Waals surface area contributed by atoms with E-state index in [0.29, 0.717) is 5.70 Å². The Morgan fingerprint density at radius 2 is 1.92 bits per heavy atom. The molecule has 0 saturated heterocycles. The number of carbonyl (C=O) groups is 1. The molecule has 1 N–H and O–H groups in total.